The molecule has 2 rings (SSSR count). The molecule has 0 aromatic heterocycles. The maximum atomic E-state index is 13.0. The molecule has 0 aliphatic heterocycles. The van der Waals surface area contributed by atoms with Gasteiger partial charge in [0, 0.05) is 6.04 Å². The van der Waals surface area contributed by atoms with E-state index in [4.69, 9.17) is 5.11 Å². The summed E-state index contributed by atoms with van der Waals surface area (Å²) in [7, 11) is 0. The van der Waals surface area contributed by atoms with Crippen LogP contribution in [0.4, 0.5) is 14.9 Å². The molecule has 1 aromatic carbocycles. The summed E-state index contributed by atoms with van der Waals surface area (Å²) >= 11 is 0. The minimum absolute atomic E-state index is 0.0479. The molecule has 1 saturated carbocycles. The van der Waals surface area contributed by atoms with Crippen LogP contribution < -0.4 is 10.6 Å². The van der Waals surface area contributed by atoms with E-state index in [1.165, 1.54) is 0 Å². The molecule has 0 spiro atoms. The largest absolute Gasteiger partial charge is 0.478 e. The minimum atomic E-state index is -1.22. The van der Waals surface area contributed by atoms with Gasteiger partial charge in [-0.2, -0.15) is 0 Å². The monoisotopic (exact) mass is 252 g/mol. The first-order valence-corrected chi connectivity index (χ1v) is 5.57. The molecule has 2 amide bonds. The summed E-state index contributed by atoms with van der Waals surface area (Å²) in [6, 6.07) is 2.74. The van der Waals surface area contributed by atoms with Crippen LogP contribution in [-0.2, 0) is 0 Å². The number of hydrogen-bond acceptors (Lipinski definition) is 2. The van der Waals surface area contributed by atoms with Crippen molar-refractivity contribution in [1.29, 1.82) is 0 Å². The van der Waals surface area contributed by atoms with Crippen molar-refractivity contribution in [3.05, 3.63) is 29.6 Å². The second-order valence-electron chi connectivity index (χ2n) is 4.41. The first-order valence-electron chi connectivity index (χ1n) is 5.57. The van der Waals surface area contributed by atoms with E-state index in [0.717, 1.165) is 24.6 Å². The molecule has 0 heterocycles. The van der Waals surface area contributed by atoms with Gasteiger partial charge in [-0.15, -0.1) is 0 Å². The number of halogens is 1. The second kappa shape index (κ2) is 4.64. The number of amides is 2. The van der Waals surface area contributed by atoms with Gasteiger partial charge in [-0.1, -0.05) is 6.92 Å². The smallest absolute Gasteiger partial charge is 0.337 e. The van der Waals surface area contributed by atoms with Crippen molar-refractivity contribution in [1.82, 2.24) is 5.32 Å². The molecule has 1 aromatic rings. The lowest BCUT2D eigenvalue weighted by Gasteiger charge is -2.09. The summed E-state index contributed by atoms with van der Waals surface area (Å²) in [5.74, 6) is -1.39. The Hall–Kier alpha value is -2.11. The van der Waals surface area contributed by atoms with Gasteiger partial charge in [0.1, 0.15) is 5.82 Å². The molecule has 0 bridgehead atoms. The van der Waals surface area contributed by atoms with Crippen LogP contribution in [0.25, 0.3) is 0 Å². The number of carbonyl (C=O) groups is 2. The van der Waals surface area contributed by atoms with Gasteiger partial charge in [0.05, 0.1) is 11.3 Å². The Morgan fingerprint density at radius 2 is 2.11 bits per heavy atom. The highest BCUT2D eigenvalue weighted by atomic mass is 19.1. The summed E-state index contributed by atoms with van der Waals surface area (Å²) in [6.07, 6.45) is 0.905. The lowest BCUT2D eigenvalue weighted by Crippen LogP contribution is -2.31. The Labute approximate surface area is 103 Å². The number of urea groups is 1. The van der Waals surface area contributed by atoms with Crippen molar-refractivity contribution < 1.29 is 19.1 Å². The van der Waals surface area contributed by atoms with Crippen molar-refractivity contribution in [3.63, 3.8) is 0 Å². The molecule has 2 unspecified atom stereocenters. The van der Waals surface area contributed by atoms with Gasteiger partial charge in [0.2, 0.25) is 0 Å². The van der Waals surface area contributed by atoms with Gasteiger partial charge < -0.3 is 15.7 Å². The number of aromatic carboxylic acids is 1. The Bertz CT molecular complexity index is 504. The van der Waals surface area contributed by atoms with E-state index in [1.807, 2.05) is 6.92 Å². The molecule has 3 N–H and O–H groups in total. The van der Waals surface area contributed by atoms with E-state index in [1.54, 1.807) is 0 Å². The average Bonchev–Trinajstić information content (AvgIpc) is 2.93. The normalized spacial score (nSPS) is 21.2. The third-order valence-corrected chi connectivity index (χ3v) is 2.89. The lowest BCUT2D eigenvalue weighted by molar-refractivity contribution is 0.0698. The molecule has 5 nitrogen and oxygen atoms in total. The van der Waals surface area contributed by atoms with Crippen molar-refractivity contribution in [3.8, 4) is 0 Å². The summed E-state index contributed by atoms with van der Waals surface area (Å²) in [6.45, 7) is 2.00. The molecule has 2 atom stereocenters. The number of anilines is 1. The van der Waals surface area contributed by atoms with Crippen LogP contribution in [0, 0.1) is 11.7 Å². The van der Waals surface area contributed by atoms with Gasteiger partial charge >= 0.3 is 12.0 Å². The fraction of sp³-hybridized carbons (Fsp3) is 0.333. The van der Waals surface area contributed by atoms with Crippen LogP contribution in [0.3, 0.4) is 0 Å². The summed E-state index contributed by atoms with van der Waals surface area (Å²) in [5, 5.41) is 13.9. The molecule has 1 aliphatic rings. The van der Waals surface area contributed by atoms with Crippen molar-refractivity contribution in [2.24, 2.45) is 5.92 Å². The zero-order valence-electron chi connectivity index (χ0n) is 9.74. The Kier molecular flexibility index (Phi) is 3.18. The highest BCUT2D eigenvalue weighted by Crippen LogP contribution is 2.29. The molecule has 96 valence electrons. The number of hydrogen-bond donors (Lipinski definition) is 3. The predicted octanol–water partition coefficient (Wildman–Crippen LogP) is 2.05. The average molecular weight is 252 g/mol. The van der Waals surface area contributed by atoms with Gasteiger partial charge in [0.15, 0.2) is 0 Å². The van der Waals surface area contributed by atoms with E-state index in [-0.39, 0.29) is 17.3 Å². The minimum Gasteiger partial charge on any atom is -0.478 e. The van der Waals surface area contributed by atoms with E-state index in [2.05, 4.69) is 10.6 Å². The van der Waals surface area contributed by atoms with Gasteiger partial charge in [0.25, 0.3) is 0 Å². The van der Waals surface area contributed by atoms with Gasteiger partial charge in [-0.05, 0) is 30.5 Å². The van der Waals surface area contributed by atoms with E-state index in [9.17, 15) is 14.0 Å². The molecule has 6 heteroatoms. The molecule has 0 radical (unpaired) electrons. The standard InChI is InChI=1S/C12H13FN2O3/c1-6-4-9(6)14-12(18)15-10-5-7(13)2-3-8(10)11(16)17/h2-3,5-6,9H,4H2,1H3,(H,16,17)(H2,14,15,18). The third kappa shape index (κ3) is 2.77. The zero-order valence-corrected chi connectivity index (χ0v) is 9.74. The lowest BCUT2D eigenvalue weighted by atomic mass is 10.2. The fourth-order valence-electron chi connectivity index (χ4n) is 1.66. The Morgan fingerprint density at radius 3 is 2.67 bits per heavy atom. The second-order valence-corrected chi connectivity index (χ2v) is 4.41. The highest BCUT2D eigenvalue weighted by molar-refractivity contribution is 6.00. The summed E-state index contributed by atoms with van der Waals surface area (Å²) < 4.78 is 13.0. The molecule has 18 heavy (non-hydrogen) atoms. The van der Waals surface area contributed by atoms with Crippen LogP contribution >= 0.6 is 0 Å². The molecular formula is C12H13FN2O3. The Balaban J connectivity index is 2.09. The summed E-state index contributed by atoms with van der Waals surface area (Å²) in [5.41, 5.74) is -0.191. The summed E-state index contributed by atoms with van der Waals surface area (Å²) in [4.78, 5) is 22.5. The quantitative estimate of drug-likeness (QED) is 0.770. The van der Waals surface area contributed by atoms with Crippen molar-refractivity contribution in [2.45, 2.75) is 19.4 Å². The van der Waals surface area contributed by atoms with Crippen LogP contribution in [0.5, 0.6) is 0 Å². The van der Waals surface area contributed by atoms with E-state index in [0.29, 0.717) is 5.92 Å². The van der Waals surface area contributed by atoms with E-state index >= 15 is 0 Å². The van der Waals surface area contributed by atoms with E-state index < -0.39 is 17.8 Å². The van der Waals surface area contributed by atoms with Crippen LogP contribution in [0.2, 0.25) is 0 Å². The Morgan fingerprint density at radius 1 is 1.44 bits per heavy atom. The number of benzene rings is 1. The maximum absolute atomic E-state index is 13.0. The number of carbonyl (C=O) groups excluding carboxylic acids is 1. The SMILES string of the molecule is CC1CC1NC(=O)Nc1cc(F)ccc1C(=O)O. The predicted molar refractivity (Wildman–Crippen MR) is 63.1 cm³/mol. The number of carboxylic acid groups (broad SMARTS) is 1. The first kappa shape index (κ1) is 12.3. The topological polar surface area (TPSA) is 78.4 Å². The third-order valence-electron chi connectivity index (χ3n) is 2.89. The number of carboxylic acids is 1. The molecular weight excluding hydrogens is 239 g/mol. The van der Waals surface area contributed by atoms with Crippen molar-refractivity contribution >= 4 is 17.7 Å². The molecule has 1 fully saturated rings. The van der Waals surface area contributed by atoms with Crippen LogP contribution in [-0.4, -0.2) is 23.1 Å². The van der Waals surface area contributed by atoms with Crippen molar-refractivity contribution in [2.75, 3.05) is 5.32 Å². The highest BCUT2D eigenvalue weighted by Gasteiger charge is 2.33. The van der Waals surface area contributed by atoms with Crippen LogP contribution in [0.1, 0.15) is 23.7 Å². The number of nitrogens with one attached hydrogen (secondary N) is 2. The van der Waals surface area contributed by atoms with Gasteiger partial charge in [-0.3, -0.25) is 0 Å². The maximum Gasteiger partial charge on any atom is 0.337 e. The first-order chi connectivity index (χ1) is 8.47. The zero-order chi connectivity index (χ0) is 13.3. The van der Waals surface area contributed by atoms with Crippen LogP contribution in [0.15, 0.2) is 18.2 Å². The fourth-order valence-corrected chi connectivity index (χ4v) is 1.66. The van der Waals surface area contributed by atoms with Gasteiger partial charge in [-0.25, -0.2) is 14.0 Å². The molecule has 1 aliphatic carbocycles. The number of rotatable bonds is 3. The molecule has 0 saturated heterocycles.